The van der Waals surface area contributed by atoms with Crippen molar-refractivity contribution >= 4 is 43.2 Å². The minimum Gasteiger partial charge on any atom is -0.322 e. The number of nitrogens with one attached hydrogen (secondary N) is 2. The lowest BCUT2D eigenvalue weighted by Gasteiger charge is -2.10. The van der Waals surface area contributed by atoms with Crippen LogP contribution in [0.2, 0.25) is 0 Å². The fourth-order valence-electron chi connectivity index (χ4n) is 2.38. The first-order valence-electron chi connectivity index (χ1n) is 8.10. The van der Waals surface area contributed by atoms with Crippen molar-refractivity contribution in [3.63, 3.8) is 0 Å². The van der Waals surface area contributed by atoms with Crippen LogP contribution in [0, 0.1) is 6.92 Å². The largest absolute Gasteiger partial charge is 0.322 e. The second-order valence-electron chi connectivity index (χ2n) is 5.96. The summed E-state index contributed by atoms with van der Waals surface area (Å²) in [5, 5.41) is 2.72. The standard InChI is InChI=1S/C20H17BrN2O3S/c1-14-5-7-15(8-6-14)20(24)22-18-3-2-4-19(13-18)27(25,26)23-17-11-9-16(21)10-12-17/h2-13,23H,1H3,(H,22,24). The topological polar surface area (TPSA) is 75.3 Å². The van der Waals surface area contributed by atoms with Crippen molar-refractivity contribution < 1.29 is 13.2 Å². The summed E-state index contributed by atoms with van der Waals surface area (Å²) in [5.74, 6) is -0.301. The van der Waals surface area contributed by atoms with E-state index in [-0.39, 0.29) is 10.8 Å². The highest BCUT2D eigenvalue weighted by Gasteiger charge is 2.15. The minimum absolute atomic E-state index is 0.0622. The summed E-state index contributed by atoms with van der Waals surface area (Å²) in [7, 11) is -3.77. The molecule has 27 heavy (non-hydrogen) atoms. The number of halogens is 1. The second-order valence-corrected chi connectivity index (χ2v) is 8.56. The van der Waals surface area contributed by atoms with E-state index in [1.807, 2.05) is 19.1 Å². The van der Waals surface area contributed by atoms with Gasteiger partial charge in [-0.05, 0) is 61.5 Å². The molecule has 7 heteroatoms. The summed E-state index contributed by atoms with van der Waals surface area (Å²) in [6.45, 7) is 1.94. The van der Waals surface area contributed by atoms with Gasteiger partial charge in [-0.3, -0.25) is 9.52 Å². The van der Waals surface area contributed by atoms with Crippen molar-refractivity contribution in [2.24, 2.45) is 0 Å². The molecule has 5 nitrogen and oxygen atoms in total. The fraction of sp³-hybridized carbons (Fsp3) is 0.0500. The highest BCUT2D eigenvalue weighted by Crippen LogP contribution is 2.21. The molecule has 3 aromatic carbocycles. The molecule has 0 radical (unpaired) electrons. The molecular formula is C20H17BrN2O3S. The van der Waals surface area contributed by atoms with Crippen LogP contribution in [0.15, 0.2) is 82.2 Å². The number of benzene rings is 3. The molecule has 0 spiro atoms. The Morgan fingerprint density at radius 2 is 1.56 bits per heavy atom. The molecule has 0 saturated heterocycles. The Bertz CT molecular complexity index is 1060. The van der Waals surface area contributed by atoms with E-state index >= 15 is 0 Å². The third-order valence-electron chi connectivity index (χ3n) is 3.81. The Hall–Kier alpha value is -2.64. The monoisotopic (exact) mass is 444 g/mol. The van der Waals surface area contributed by atoms with Gasteiger partial charge in [0.1, 0.15) is 0 Å². The normalized spacial score (nSPS) is 11.0. The Kier molecular flexibility index (Phi) is 5.62. The fourth-order valence-corrected chi connectivity index (χ4v) is 3.75. The Morgan fingerprint density at radius 1 is 0.889 bits per heavy atom. The van der Waals surface area contributed by atoms with Crippen molar-refractivity contribution in [2.45, 2.75) is 11.8 Å². The molecule has 0 aliphatic heterocycles. The third-order valence-corrected chi connectivity index (χ3v) is 5.72. The molecule has 0 bridgehead atoms. The molecule has 1 amide bonds. The molecule has 0 aliphatic rings. The molecule has 2 N–H and O–H groups in total. The van der Waals surface area contributed by atoms with Crippen LogP contribution >= 0.6 is 15.9 Å². The van der Waals surface area contributed by atoms with Gasteiger partial charge in [-0.1, -0.05) is 39.7 Å². The molecular weight excluding hydrogens is 428 g/mol. The van der Waals surface area contributed by atoms with E-state index in [4.69, 9.17) is 0 Å². The SMILES string of the molecule is Cc1ccc(C(=O)Nc2cccc(S(=O)(=O)Nc3ccc(Br)cc3)c2)cc1. The zero-order chi connectivity index (χ0) is 19.4. The van der Waals surface area contributed by atoms with Crippen molar-refractivity contribution in [3.8, 4) is 0 Å². The number of anilines is 2. The van der Waals surface area contributed by atoms with Gasteiger partial charge < -0.3 is 5.32 Å². The molecule has 0 saturated carbocycles. The van der Waals surface area contributed by atoms with Crippen LogP contribution in [0.4, 0.5) is 11.4 Å². The number of hydrogen-bond donors (Lipinski definition) is 2. The summed E-state index contributed by atoms with van der Waals surface area (Å²) in [6, 6.07) is 20.1. The van der Waals surface area contributed by atoms with Crippen molar-refractivity contribution in [3.05, 3.63) is 88.4 Å². The lowest BCUT2D eigenvalue weighted by atomic mass is 10.1. The van der Waals surface area contributed by atoms with E-state index in [1.165, 1.54) is 12.1 Å². The van der Waals surface area contributed by atoms with Crippen molar-refractivity contribution in [2.75, 3.05) is 10.0 Å². The first-order chi connectivity index (χ1) is 12.8. The molecule has 0 atom stereocenters. The third kappa shape index (κ3) is 4.96. The average Bonchev–Trinajstić information content (AvgIpc) is 2.64. The molecule has 3 aromatic rings. The summed E-state index contributed by atoms with van der Waals surface area (Å²) < 4.78 is 28.6. The van der Waals surface area contributed by atoms with Crippen LogP contribution in [0.3, 0.4) is 0 Å². The molecule has 3 rings (SSSR count). The minimum atomic E-state index is -3.77. The Morgan fingerprint density at radius 3 is 2.22 bits per heavy atom. The van der Waals surface area contributed by atoms with Gasteiger partial charge in [-0.2, -0.15) is 0 Å². The Labute approximate surface area is 166 Å². The number of hydrogen-bond acceptors (Lipinski definition) is 3. The quantitative estimate of drug-likeness (QED) is 0.592. The number of carbonyl (C=O) groups is 1. The van der Waals surface area contributed by atoms with Crippen LogP contribution in [-0.2, 0) is 10.0 Å². The van der Waals surface area contributed by atoms with E-state index in [0.717, 1.165) is 10.0 Å². The predicted molar refractivity (Wildman–Crippen MR) is 111 cm³/mol. The van der Waals surface area contributed by atoms with Crippen LogP contribution in [-0.4, -0.2) is 14.3 Å². The maximum absolute atomic E-state index is 12.6. The summed E-state index contributed by atoms with van der Waals surface area (Å²) >= 11 is 3.31. The Balaban J connectivity index is 1.78. The molecule has 0 heterocycles. The van der Waals surface area contributed by atoms with Crippen LogP contribution in [0.1, 0.15) is 15.9 Å². The van der Waals surface area contributed by atoms with E-state index in [9.17, 15) is 13.2 Å². The van der Waals surface area contributed by atoms with Gasteiger partial charge in [0.15, 0.2) is 0 Å². The number of amides is 1. The lowest BCUT2D eigenvalue weighted by molar-refractivity contribution is 0.102. The number of carbonyl (C=O) groups excluding carboxylic acids is 1. The lowest BCUT2D eigenvalue weighted by Crippen LogP contribution is -2.15. The maximum atomic E-state index is 12.6. The predicted octanol–water partition coefficient (Wildman–Crippen LogP) is 4.81. The second kappa shape index (κ2) is 7.94. The number of aryl methyl sites for hydroxylation is 1. The summed E-state index contributed by atoms with van der Waals surface area (Å²) in [5.41, 5.74) is 2.41. The number of rotatable bonds is 5. The molecule has 0 aliphatic carbocycles. The summed E-state index contributed by atoms with van der Waals surface area (Å²) in [4.78, 5) is 12.4. The molecule has 138 valence electrons. The van der Waals surface area contributed by atoms with Gasteiger partial charge >= 0.3 is 0 Å². The van der Waals surface area contributed by atoms with E-state index in [0.29, 0.717) is 16.9 Å². The van der Waals surface area contributed by atoms with Gasteiger partial charge in [0.2, 0.25) is 0 Å². The van der Waals surface area contributed by atoms with E-state index in [1.54, 1.807) is 48.5 Å². The van der Waals surface area contributed by atoms with Crippen molar-refractivity contribution in [1.29, 1.82) is 0 Å². The van der Waals surface area contributed by atoms with Gasteiger partial charge in [-0.15, -0.1) is 0 Å². The molecule has 0 unspecified atom stereocenters. The highest BCUT2D eigenvalue weighted by molar-refractivity contribution is 9.10. The van der Waals surface area contributed by atoms with Gasteiger partial charge in [0.25, 0.3) is 15.9 Å². The average molecular weight is 445 g/mol. The number of sulfonamides is 1. The van der Waals surface area contributed by atoms with Gasteiger partial charge in [-0.25, -0.2) is 8.42 Å². The zero-order valence-corrected chi connectivity index (χ0v) is 16.8. The van der Waals surface area contributed by atoms with Crippen LogP contribution in [0.25, 0.3) is 0 Å². The summed E-state index contributed by atoms with van der Waals surface area (Å²) in [6.07, 6.45) is 0. The van der Waals surface area contributed by atoms with E-state index in [2.05, 4.69) is 26.0 Å². The van der Waals surface area contributed by atoms with E-state index < -0.39 is 10.0 Å². The smallest absolute Gasteiger partial charge is 0.261 e. The molecule has 0 aromatic heterocycles. The molecule has 0 fully saturated rings. The first kappa shape index (κ1) is 19.1. The maximum Gasteiger partial charge on any atom is 0.261 e. The van der Waals surface area contributed by atoms with Crippen LogP contribution < -0.4 is 10.0 Å². The van der Waals surface area contributed by atoms with Gasteiger partial charge in [0, 0.05) is 21.4 Å². The van der Waals surface area contributed by atoms with Gasteiger partial charge in [0.05, 0.1) is 4.90 Å². The first-order valence-corrected chi connectivity index (χ1v) is 10.4. The van der Waals surface area contributed by atoms with Crippen molar-refractivity contribution in [1.82, 2.24) is 0 Å². The zero-order valence-electron chi connectivity index (χ0n) is 14.4. The van der Waals surface area contributed by atoms with Crippen LogP contribution in [0.5, 0.6) is 0 Å². The highest BCUT2D eigenvalue weighted by atomic mass is 79.9.